The van der Waals surface area contributed by atoms with Crippen molar-refractivity contribution in [1.82, 2.24) is 4.90 Å². The third-order valence-electron chi connectivity index (χ3n) is 9.62. The van der Waals surface area contributed by atoms with Gasteiger partial charge in [-0.15, -0.1) is 0 Å². The molecule has 216 valence electrons. The van der Waals surface area contributed by atoms with E-state index in [1.165, 1.54) is 112 Å². The summed E-state index contributed by atoms with van der Waals surface area (Å²) >= 11 is 0. The van der Waals surface area contributed by atoms with Crippen molar-refractivity contribution < 1.29 is 9.53 Å². The summed E-state index contributed by atoms with van der Waals surface area (Å²) in [5, 5.41) is 0. The van der Waals surface area contributed by atoms with Crippen LogP contribution in [0, 0.1) is 0 Å². The van der Waals surface area contributed by atoms with E-state index in [9.17, 15) is 4.79 Å². The number of unbranched alkanes of at least 4 members (excludes halogenated alkanes) is 12. The maximum absolute atomic E-state index is 13.3. The van der Waals surface area contributed by atoms with Crippen LogP contribution in [0.25, 0.3) is 11.1 Å². The van der Waals surface area contributed by atoms with Gasteiger partial charge in [0.05, 0.1) is 6.04 Å². The Labute approximate surface area is 243 Å². The lowest BCUT2D eigenvalue weighted by molar-refractivity contribution is 0.0848. The van der Waals surface area contributed by atoms with E-state index >= 15 is 0 Å². The van der Waals surface area contributed by atoms with Gasteiger partial charge in [-0.05, 0) is 54.4 Å². The van der Waals surface area contributed by atoms with Crippen LogP contribution < -0.4 is 0 Å². The second kappa shape index (κ2) is 14.9. The van der Waals surface area contributed by atoms with Crippen LogP contribution in [0.1, 0.15) is 133 Å². The highest BCUT2D eigenvalue weighted by Crippen LogP contribution is 2.45. The maximum Gasteiger partial charge on any atom is 0.410 e. The van der Waals surface area contributed by atoms with Crippen molar-refractivity contribution in [3.63, 3.8) is 0 Å². The van der Waals surface area contributed by atoms with Crippen LogP contribution in [0.3, 0.4) is 0 Å². The number of benzene rings is 2. The van der Waals surface area contributed by atoms with Crippen molar-refractivity contribution >= 4 is 6.09 Å². The minimum atomic E-state index is -0.120. The predicted molar refractivity (Wildman–Crippen MR) is 167 cm³/mol. The summed E-state index contributed by atoms with van der Waals surface area (Å²) in [5.74, 6) is 0.125. The normalized spacial score (nSPS) is 19.4. The van der Waals surface area contributed by atoms with Crippen molar-refractivity contribution in [2.24, 2.45) is 0 Å². The fourth-order valence-corrected chi connectivity index (χ4v) is 7.43. The van der Waals surface area contributed by atoms with Crippen molar-refractivity contribution in [3.8, 4) is 11.1 Å². The quantitative estimate of drug-likeness (QED) is 0.156. The summed E-state index contributed by atoms with van der Waals surface area (Å²) in [6.07, 6.45) is 24.9. The first kappa shape index (κ1) is 29.0. The summed E-state index contributed by atoms with van der Waals surface area (Å²) in [5.41, 5.74) is 6.69. The molecule has 0 N–H and O–H groups in total. The lowest BCUT2D eigenvalue weighted by Crippen LogP contribution is -2.43. The third kappa shape index (κ3) is 7.20. The standard InChI is InChI=1S/C37H51NO2/c1-2-3-4-5-6-7-8-9-10-11-12-13-14-19-29-26-30-24-25-31(27-29)38(30)37(39)40-28-36-34-22-17-15-20-32(34)33-21-16-18-23-35(33)36/h15-18,20-23,26,30-31,36H,2-14,19,24-25,27-28H2,1H3. The van der Waals surface area contributed by atoms with E-state index in [1.807, 2.05) is 0 Å². The Kier molecular flexibility index (Phi) is 10.8. The summed E-state index contributed by atoms with van der Waals surface area (Å²) in [6.45, 7) is 2.71. The summed E-state index contributed by atoms with van der Waals surface area (Å²) in [7, 11) is 0. The molecule has 0 radical (unpaired) electrons. The SMILES string of the molecule is CCCCCCCCCCCCCCCC1=CC2CCC(C1)N2C(=O)OCC1c2ccccc2-c2ccccc21. The molecule has 2 atom stereocenters. The highest BCUT2D eigenvalue weighted by molar-refractivity contribution is 5.79. The molecule has 3 heteroatoms. The van der Waals surface area contributed by atoms with Crippen molar-refractivity contribution in [1.29, 1.82) is 0 Å². The average molecular weight is 542 g/mol. The second-order valence-electron chi connectivity index (χ2n) is 12.5. The molecule has 5 rings (SSSR count). The van der Waals surface area contributed by atoms with Crippen molar-refractivity contribution in [2.75, 3.05) is 6.61 Å². The smallest absolute Gasteiger partial charge is 0.410 e. The molecule has 0 spiro atoms. The lowest BCUT2D eigenvalue weighted by Gasteiger charge is -2.33. The van der Waals surface area contributed by atoms with Crippen LogP contribution >= 0.6 is 0 Å². The molecule has 3 aliphatic rings. The van der Waals surface area contributed by atoms with E-state index in [0.29, 0.717) is 12.6 Å². The van der Waals surface area contributed by atoms with Gasteiger partial charge in [0.2, 0.25) is 0 Å². The van der Waals surface area contributed by atoms with E-state index in [0.717, 1.165) is 19.3 Å². The highest BCUT2D eigenvalue weighted by Gasteiger charge is 2.40. The van der Waals surface area contributed by atoms with Crippen LogP contribution in [0.4, 0.5) is 4.79 Å². The molecule has 3 nitrogen and oxygen atoms in total. The number of nitrogens with zero attached hydrogens (tertiary/aromatic N) is 1. The fourth-order valence-electron chi connectivity index (χ4n) is 7.43. The zero-order chi connectivity index (χ0) is 27.6. The van der Waals surface area contributed by atoms with E-state index in [2.05, 4.69) is 66.4 Å². The first-order chi connectivity index (χ1) is 19.8. The molecule has 2 heterocycles. The van der Waals surface area contributed by atoms with E-state index in [4.69, 9.17) is 4.74 Å². The lowest BCUT2D eigenvalue weighted by atomic mass is 9.96. The molecule has 1 amide bonds. The second-order valence-corrected chi connectivity index (χ2v) is 12.5. The minimum absolute atomic E-state index is 0.120. The Morgan fingerprint density at radius 1 is 0.750 bits per heavy atom. The molecule has 0 saturated carbocycles. The molecule has 2 aromatic carbocycles. The van der Waals surface area contributed by atoms with Crippen molar-refractivity contribution in [3.05, 3.63) is 71.3 Å². The van der Waals surface area contributed by atoms with Gasteiger partial charge in [0, 0.05) is 12.0 Å². The fraction of sp³-hybridized carbons (Fsp3) is 0.595. The zero-order valence-electron chi connectivity index (χ0n) is 24.9. The summed E-state index contributed by atoms with van der Waals surface area (Å²) in [6, 6.07) is 17.7. The number of fused-ring (bicyclic) bond motifs is 5. The Morgan fingerprint density at radius 3 is 1.88 bits per heavy atom. The Bertz CT molecular complexity index is 1080. The maximum atomic E-state index is 13.3. The van der Waals surface area contributed by atoms with Gasteiger partial charge in [-0.25, -0.2) is 4.79 Å². The molecule has 2 aromatic rings. The Hall–Kier alpha value is -2.55. The number of rotatable bonds is 16. The van der Waals surface area contributed by atoms with Crippen LogP contribution in [-0.2, 0) is 4.74 Å². The van der Waals surface area contributed by atoms with E-state index in [-0.39, 0.29) is 18.1 Å². The number of carbonyl (C=O) groups is 1. The number of carbonyl (C=O) groups excluding carboxylic acids is 1. The van der Waals surface area contributed by atoms with Gasteiger partial charge < -0.3 is 4.74 Å². The molecule has 40 heavy (non-hydrogen) atoms. The monoisotopic (exact) mass is 541 g/mol. The topological polar surface area (TPSA) is 29.5 Å². The summed E-state index contributed by atoms with van der Waals surface area (Å²) in [4.78, 5) is 15.4. The number of hydrogen-bond acceptors (Lipinski definition) is 2. The van der Waals surface area contributed by atoms with Gasteiger partial charge in [0.25, 0.3) is 0 Å². The number of ether oxygens (including phenoxy) is 1. The predicted octanol–water partition coefficient (Wildman–Crippen LogP) is 10.6. The molecular weight excluding hydrogens is 490 g/mol. The van der Waals surface area contributed by atoms with Crippen molar-refractivity contribution in [2.45, 2.75) is 134 Å². The molecule has 1 fully saturated rings. The van der Waals surface area contributed by atoms with E-state index < -0.39 is 0 Å². The molecule has 2 bridgehead atoms. The van der Waals surface area contributed by atoms with Crippen LogP contribution in [0.15, 0.2) is 60.2 Å². The van der Waals surface area contributed by atoms with E-state index in [1.54, 1.807) is 5.57 Å². The zero-order valence-corrected chi connectivity index (χ0v) is 24.9. The van der Waals surface area contributed by atoms with Gasteiger partial charge in [-0.2, -0.15) is 0 Å². The van der Waals surface area contributed by atoms with Gasteiger partial charge in [0.15, 0.2) is 0 Å². The van der Waals surface area contributed by atoms with Crippen LogP contribution in [-0.4, -0.2) is 29.7 Å². The Balaban J connectivity index is 0.998. The van der Waals surface area contributed by atoms with Gasteiger partial charge >= 0.3 is 6.09 Å². The molecule has 1 saturated heterocycles. The van der Waals surface area contributed by atoms with Crippen LogP contribution in [0.5, 0.6) is 0 Å². The molecule has 1 aliphatic carbocycles. The first-order valence-corrected chi connectivity index (χ1v) is 16.6. The van der Waals surface area contributed by atoms with Gasteiger partial charge in [0.1, 0.15) is 6.61 Å². The number of amides is 1. The average Bonchev–Trinajstić information content (AvgIpc) is 3.45. The third-order valence-corrected chi connectivity index (χ3v) is 9.62. The molecule has 2 aliphatic heterocycles. The molecular formula is C37H51NO2. The Morgan fingerprint density at radius 2 is 1.30 bits per heavy atom. The minimum Gasteiger partial charge on any atom is -0.448 e. The van der Waals surface area contributed by atoms with Gasteiger partial charge in [-0.3, -0.25) is 4.90 Å². The largest absolute Gasteiger partial charge is 0.448 e. The molecule has 0 aromatic heterocycles. The van der Waals surface area contributed by atoms with Crippen LogP contribution in [0.2, 0.25) is 0 Å². The molecule has 2 unspecified atom stereocenters. The number of hydrogen-bond donors (Lipinski definition) is 0. The highest BCUT2D eigenvalue weighted by atomic mass is 16.6. The first-order valence-electron chi connectivity index (χ1n) is 16.6. The van der Waals surface area contributed by atoms with Gasteiger partial charge in [-0.1, -0.05) is 144 Å². The summed E-state index contributed by atoms with van der Waals surface area (Å²) < 4.78 is 6.04.